The first-order valence-corrected chi connectivity index (χ1v) is 13.4. The van der Waals surface area contributed by atoms with Gasteiger partial charge in [0.1, 0.15) is 0 Å². The summed E-state index contributed by atoms with van der Waals surface area (Å²) in [6.45, 7) is 2.71. The van der Waals surface area contributed by atoms with E-state index in [9.17, 15) is 4.79 Å². The molecule has 10 heteroatoms. The first-order chi connectivity index (χ1) is 16.5. The van der Waals surface area contributed by atoms with E-state index in [2.05, 4.69) is 20.4 Å². The summed E-state index contributed by atoms with van der Waals surface area (Å²) in [5, 5.41) is 8.85. The second-order valence-corrected chi connectivity index (χ2v) is 10.5. The van der Waals surface area contributed by atoms with Crippen molar-refractivity contribution in [2.24, 2.45) is 5.92 Å². The van der Waals surface area contributed by atoms with Crippen molar-refractivity contribution in [1.29, 1.82) is 0 Å². The lowest BCUT2D eigenvalue weighted by Gasteiger charge is -2.30. The predicted molar refractivity (Wildman–Crippen MR) is 138 cm³/mol. The van der Waals surface area contributed by atoms with Gasteiger partial charge in [-0.25, -0.2) is 0 Å². The molecule has 6 nitrogen and oxygen atoms in total. The highest BCUT2D eigenvalue weighted by Gasteiger charge is 2.26. The first-order valence-electron chi connectivity index (χ1n) is 11.1. The molecule has 0 saturated carbocycles. The topological polar surface area (TPSA) is 71.3 Å². The minimum Gasteiger partial charge on any atom is -0.355 e. The van der Waals surface area contributed by atoms with Crippen LogP contribution in [0, 0.1) is 5.92 Å². The van der Waals surface area contributed by atoms with Gasteiger partial charge in [-0.15, -0.1) is 0 Å². The van der Waals surface area contributed by atoms with Crippen molar-refractivity contribution in [1.82, 2.24) is 20.4 Å². The van der Waals surface area contributed by atoms with Crippen molar-refractivity contribution in [3.05, 3.63) is 69.0 Å². The second kappa shape index (κ2) is 12.3. The summed E-state index contributed by atoms with van der Waals surface area (Å²) in [7, 11) is 0. The lowest BCUT2D eigenvalue weighted by molar-refractivity contribution is -0.126. The minimum absolute atomic E-state index is 0.0419. The molecular formula is C24H25Cl3N4O2S. The van der Waals surface area contributed by atoms with E-state index in [0.717, 1.165) is 42.0 Å². The Kier molecular flexibility index (Phi) is 9.14. The molecule has 1 atom stereocenters. The summed E-state index contributed by atoms with van der Waals surface area (Å²) >= 11 is 20.0. The molecule has 0 radical (unpaired) electrons. The number of aromatic nitrogens is 2. The van der Waals surface area contributed by atoms with Gasteiger partial charge in [0, 0.05) is 30.2 Å². The number of amides is 1. The van der Waals surface area contributed by atoms with Crippen molar-refractivity contribution >= 4 is 52.5 Å². The molecule has 3 aromatic rings. The zero-order chi connectivity index (χ0) is 23.9. The third-order valence-electron chi connectivity index (χ3n) is 5.62. The molecule has 0 aliphatic carbocycles. The Bertz CT molecular complexity index is 1130. The van der Waals surface area contributed by atoms with E-state index < -0.39 is 0 Å². The van der Waals surface area contributed by atoms with E-state index in [1.54, 1.807) is 17.8 Å². The molecule has 1 aliphatic heterocycles. The molecular weight excluding hydrogens is 515 g/mol. The van der Waals surface area contributed by atoms with E-state index in [-0.39, 0.29) is 11.8 Å². The van der Waals surface area contributed by atoms with Crippen molar-refractivity contribution in [2.45, 2.75) is 25.1 Å². The Morgan fingerprint density at radius 3 is 2.82 bits per heavy atom. The average Bonchev–Trinajstić information content (AvgIpc) is 3.29. The summed E-state index contributed by atoms with van der Waals surface area (Å²) in [5.74, 6) is 2.71. The van der Waals surface area contributed by atoms with E-state index >= 15 is 0 Å². The zero-order valence-electron chi connectivity index (χ0n) is 18.5. The van der Waals surface area contributed by atoms with Crippen LogP contribution in [0.25, 0.3) is 11.4 Å². The number of hydrogen-bond donors (Lipinski definition) is 1. The molecule has 34 heavy (non-hydrogen) atoms. The molecule has 0 bridgehead atoms. The van der Waals surface area contributed by atoms with Gasteiger partial charge in [0.25, 0.3) is 0 Å². The highest BCUT2D eigenvalue weighted by Crippen LogP contribution is 2.26. The Labute approximate surface area is 218 Å². The lowest BCUT2D eigenvalue weighted by atomic mass is 9.97. The van der Waals surface area contributed by atoms with Crippen LogP contribution in [0.15, 0.2) is 47.0 Å². The van der Waals surface area contributed by atoms with Crippen LogP contribution in [0.1, 0.15) is 24.3 Å². The van der Waals surface area contributed by atoms with Crippen molar-refractivity contribution in [3.8, 4) is 11.4 Å². The molecule has 1 N–H and O–H groups in total. The molecule has 1 aliphatic rings. The molecule has 1 amide bonds. The normalized spacial score (nSPS) is 16.5. The van der Waals surface area contributed by atoms with Crippen LogP contribution in [-0.4, -0.2) is 46.3 Å². The predicted octanol–water partition coefficient (Wildman–Crippen LogP) is 5.96. The van der Waals surface area contributed by atoms with Crippen LogP contribution >= 0.6 is 46.6 Å². The highest BCUT2D eigenvalue weighted by atomic mass is 35.5. The average molecular weight is 540 g/mol. The molecule has 1 saturated heterocycles. The fourth-order valence-electron chi connectivity index (χ4n) is 3.89. The third kappa shape index (κ3) is 6.89. The molecule has 2 heterocycles. The molecule has 1 unspecified atom stereocenters. The van der Waals surface area contributed by atoms with Gasteiger partial charge < -0.3 is 9.84 Å². The summed E-state index contributed by atoms with van der Waals surface area (Å²) < 4.78 is 5.43. The van der Waals surface area contributed by atoms with Crippen LogP contribution in [0.5, 0.6) is 0 Å². The zero-order valence-corrected chi connectivity index (χ0v) is 21.6. The number of likely N-dealkylation sites (tertiary alicyclic amines) is 1. The molecule has 0 spiro atoms. The van der Waals surface area contributed by atoms with Crippen LogP contribution < -0.4 is 5.32 Å². The lowest BCUT2D eigenvalue weighted by Crippen LogP contribution is -2.43. The summed E-state index contributed by atoms with van der Waals surface area (Å²) in [4.78, 5) is 19.4. The van der Waals surface area contributed by atoms with E-state index in [0.29, 0.717) is 46.4 Å². The molecule has 180 valence electrons. The molecule has 4 rings (SSSR count). The Morgan fingerprint density at radius 1 is 1.15 bits per heavy atom. The summed E-state index contributed by atoms with van der Waals surface area (Å²) in [6, 6.07) is 13.1. The van der Waals surface area contributed by atoms with Crippen LogP contribution in [0.2, 0.25) is 15.1 Å². The second-order valence-electron chi connectivity index (χ2n) is 8.16. The SMILES string of the molecule is O=C(NCCSCc1ccc(Cl)c(Cl)c1)C1CCCN(Cc2nc(-c3ccccc3Cl)no2)C1. The van der Waals surface area contributed by atoms with Gasteiger partial charge in [0.15, 0.2) is 0 Å². The maximum atomic E-state index is 12.7. The first kappa shape index (κ1) is 25.3. The van der Waals surface area contributed by atoms with Crippen LogP contribution in [0.3, 0.4) is 0 Å². The highest BCUT2D eigenvalue weighted by molar-refractivity contribution is 7.98. The fraction of sp³-hybridized carbons (Fsp3) is 0.375. The number of halogens is 3. The number of piperidine rings is 1. The van der Waals surface area contributed by atoms with Gasteiger partial charge in [0.2, 0.25) is 17.6 Å². The molecule has 1 fully saturated rings. The van der Waals surface area contributed by atoms with E-state index in [1.165, 1.54) is 0 Å². The quantitative estimate of drug-likeness (QED) is 0.338. The van der Waals surface area contributed by atoms with Gasteiger partial charge in [-0.1, -0.05) is 58.2 Å². The Morgan fingerprint density at radius 2 is 2.00 bits per heavy atom. The number of rotatable bonds is 9. The number of benzene rings is 2. The van der Waals surface area contributed by atoms with Crippen molar-refractivity contribution in [3.63, 3.8) is 0 Å². The van der Waals surface area contributed by atoms with Gasteiger partial charge in [0.05, 0.1) is 27.5 Å². The number of carbonyl (C=O) groups excluding carboxylic acids is 1. The molecule has 2 aromatic carbocycles. The Hall–Kier alpha value is -1.77. The summed E-state index contributed by atoms with van der Waals surface area (Å²) in [6.07, 6.45) is 1.84. The Balaban J connectivity index is 1.20. The number of thioether (sulfide) groups is 1. The van der Waals surface area contributed by atoms with Crippen molar-refractivity contribution in [2.75, 3.05) is 25.4 Å². The van der Waals surface area contributed by atoms with Gasteiger partial charge >= 0.3 is 0 Å². The van der Waals surface area contributed by atoms with Crippen molar-refractivity contribution < 1.29 is 9.32 Å². The number of nitrogens with one attached hydrogen (secondary N) is 1. The number of carbonyl (C=O) groups is 1. The fourth-order valence-corrected chi connectivity index (χ4v) is 5.23. The summed E-state index contributed by atoms with van der Waals surface area (Å²) in [5.41, 5.74) is 1.86. The third-order valence-corrected chi connectivity index (χ3v) is 7.72. The van der Waals surface area contributed by atoms with Crippen LogP contribution in [0.4, 0.5) is 0 Å². The monoisotopic (exact) mass is 538 g/mol. The largest absolute Gasteiger partial charge is 0.355 e. The number of hydrogen-bond acceptors (Lipinski definition) is 6. The standard InChI is InChI=1S/C24H25Cl3N4O2S/c25-19-6-2-1-5-18(19)23-29-22(33-30-23)14-31-10-3-4-17(13-31)24(32)28-9-11-34-15-16-7-8-20(26)21(27)12-16/h1-2,5-8,12,17H,3-4,9-11,13-15H2,(H,28,32). The van der Waals surface area contributed by atoms with E-state index in [1.807, 2.05) is 36.4 Å². The smallest absolute Gasteiger partial charge is 0.241 e. The van der Waals surface area contributed by atoms with E-state index in [4.69, 9.17) is 39.3 Å². The van der Waals surface area contributed by atoms with Gasteiger partial charge in [-0.05, 0) is 49.2 Å². The minimum atomic E-state index is -0.0419. The van der Waals surface area contributed by atoms with Gasteiger partial charge in [-0.2, -0.15) is 16.7 Å². The number of nitrogens with zero attached hydrogens (tertiary/aromatic N) is 3. The van der Waals surface area contributed by atoms with Gasteiger partial charge in [-0.3, -0.25) is 9.69 Å². The maximum absolute atomic E-state index is 12.7. The maximum Gasteiger partial charge on any atom is 0.241 e. The van der Waals surface area contributed by atoms with Crippen LogP contribution in [-0.2, 0) is 17.1 Å². The molecule has 1 aromatic heterocycles.